The van der Waals surface area contributed by atoms with Crippen molar-refractivity contribution in [2.45, 2.75) is 178 Å². The average Bonchev–Trinajstić information content (AvgIpc) is 3.59. The van der Waals surface area contributed by atoms with Gasteiger partial charge in [-0.3, -0.25) is 0 Å². The molecule has 0 spiro atoms. The van der Waals surface area contributed by atoms with Gasteiger partial charge in [0.2, 0.25) is 0 Å². The summed E-state index contributed by atoms with van der Waals surface area (Å²) >= 11 is 4.24. The zero-order valence-corrected chi connectivity index (χ0v) is 39.7. The highest BCUT2D eigenvalue weighted by Gasteiger charge is 2.32. The first-order valence-corrected chi connectivity index (χ1v) is 25.5. The molecule has 0 bridgehead atoms. The summed E-state index contributed by atoms with van der Waals surface area (Å²) in [5.74, 6) is 10.7. The lowest BCUT2D eigenvalue weighted by molar-refractivity contribution is 0.352. The van der Waals surface area contributed by atoms with Gasteiger partial charge < -0.3 is 0 Å². The zero-order chi connectivity index (χ0) is 37.5. The zero-order valence-electron chi connectivity index (χ0n) is 35.4. The van der Waals surface area contributed by atoms with E-state index >= 15 is 0 Å². The van der Waals surface area contributed by atoms with E-state index in [1.165, 1.54) is 36.8 Å². The molecule has 10 unspecified atom stereocenters. The van der Waals surface area contributed by atoms with E-state index in [1.807, 2.05) is 74.5 Å². The maximum atomic E-state index is 3.61. The van der Waals surface area contributed by atoms with Crippen LogP contribution in [-0.4, -0.2) is 0 Å². The predicted molar refractivity (Wildman–Crippen MR) is 236 cm³/mol. The van der Waals surface area contributed by atoms with E-state index in [1.54, 1.807) is 0 Å². The molecule has 45 heavy (non-hydrogen) atoms. The Balaban J connectivity index is -0.000000103. The van der Waals surface area contributed by atoms with Crippen LogP contribution in [-0.2, 0) is 0 Å². The van der Waals surface area contributed by atoms with Crippen molar-refractivity contribution < 1.29 is 0 Å². The Kier molecular flexibility index (Phi) is 50.4. The van der Waals surface area contributed by atoms with E-state index in [9.17, 15) is 0 Å². The van der Waals surface area contributed by atoms with Crippen LogP contribution >= 0.6 is 37.2 Å². The van der Waals surface area contributed by atoms with Gasteiger partial charge in [0.25, 0.3) is 0 Å². The Morgan fingerprint density at radius 2 is 0.711 bits per heavy atom. The highest BCUT2D eigenvalue weighted by molar-refractivity contribution is 15.0. The molecule has 0 heterocycles. The van der Waals surface area contributed by atoms with Gasteiger partial charge in [0.15, 0.2) is 0 Å². The largest absolute Gasteiger partial charge is 0.0991 e. The van der Waals surface area contributed by atoms with Crippen LogP contribution in [0.15, 0.2) is 36.0 Å². The molecule has 2 heteroatoms. The third-order valence-electron chi connectivity index (χ3n) is 11.0. The molecule has 276 valence electrons. The van der Waals surface area contributed by atoms with E-state index in [0.717, 1.165) is 65.1 Å². The lowest BCUT2D eigenvalue weighted by Crippen LogP contribution is -2.07. The minimum Gasteiger partial charge on any atom is -0.0991 e. The van der Waals surface area contributed by atoms with E-state index < -0.39 is 0 Å². The lowest BCUT2D eigenvalue weighted by atomic mass is 9.92. The molecular weight excluding hydrogens is 770 g/mol. The van der Waals surface area contributed by atoms with Crippen LogP contribution < -0.4 is 0 Å². The van der Waals surface area contributed by atoms with Crippen molar-refractivity contribution >= 4 is 37.2 Å². The minimum atomic E-state index is 0.958. The molecule has 0 aromatic heterocycles. The van der Waals surface area contributed by atoms with Gasteiger partial charge in [-0.05, 0) is 104 Å². The standard InChI is InChI=1S/2C9H18.C9H14.C8H16.4C2H6.I2/c2*1-6-5-7(2)9(4)8(6)3;1-5-7-9(4)8(3)6-2;1-6-4-5-7(2)8(6)3;5*1-2/h2*6-9H,5H2,1-4H3;5-7H,1H2,2-4H3;6-8H,4-5H2,1-3H3;4*1-2H3;. The summed E-state index contributed by atoms with van der Waals surface area (Å²) in [6, 6.07) is 0. The molecule has 3 saturated carbocycles. The molecule has 0 aromatic rings. The van der Waals surface area contributed by atoms with Crippen molar-refractivity contribution in [3.8, 4) is 0 Å². The summed E-state index contributed by atoms with van der Waals surface area (Å²) in [6.45, 7) is 52.0. The Morgan fingerprint density at radius 1 is 0.467 bits per heavy atom. The first-order valence-electron chi connectivity index (χ1n) is 19.3. The van der Waals surface area contributed by atoms with Crippen LogP contribution in [0.25, 0.3) is 0 Å². The van der Waals surface area contributed by atoms with Gasteiger partial charge in [-0.15, -0.1) is 0 Å². The molecule has 3 aliphatic rings. The van der Waals surface area contributed by atoms with Crippen LogP contribution in [0.1, 0.15) is 178 Å². The molecule has 10 atom stereocenters. The highest BCUT2D eigenvalue weighted by Crippen LogP contribution is 2.41. The Labute approximate surface area is 314 Å². The second-order valence-corrected chi connectivity index (χ2v) is 13.3. The number of hydrogen-bond acceptors (Lipinski definition) is 0. The summed E-state index contributed by atoms with van der Waals surface area (Å²) in [5, 5.41) is 0. The van der Waals surface area contributed by atoms with Crippen molar-refractivity contribution in [1.82, 2.24) is 0 Å². The first-order chi connectivity index (χ1) is 21.2. The molecule has 0 aromatic carbocycles. The van der Waals surface area contributed by atoms with E-state index in [2.05, 4.69) is 140 Å². The Hall–Kier alpha value is 0.680. The number of hydrogen-bond donors (Lipinski definition) is 0. The summed E-state index contributed by atoms with van der Waals surface area (Å²) in [7, 11) is 0. The number of rotatable bonds is 2. The second kappa shape index (κ2) is 39.1. The average molecular weight is 861 g/mol. The summed E-state index contributed by atoms with van der Waals surface area (Å²) in [5.41, 5.74) is 2.60. The molecule has 0 radical (unpaired) electrons. The molecule has 0 saturated heterocycles. The van der Waals surface area contributed by atoms with Crippen LogP contribution in [0.2, 0.25) is 0 Å². The molecule has 3 rings (SSSR count). The van der Waals surface area contributed by atoms with Crippen molar-refractivity contribution in [2.24, 2.45) is 65.1 Å². The maximum Gasteiger partial charge on any atom is 0 e. The van der Waals surface area contributed by atoms with Gasteiger partial charge in [0.1, 0.15) is 0 Å². The van der Waals surface area contributed by atoms with Gasteiger partial charge in [0.05, 0.1) is 0 Å². The summed E-state index contributed by atoms with van der Waals surface area (Å²) in [4.78, 5) is 0. The SMILES string of the molecule is C=CC=C(C)C(C)=CC.CC.CC.CC.CC.CC1CC(C)C(C)C1C.CC1CC(C)C(C)C1C.CC1CCC(C)C1C.II. The van der Waals surface area contributed by atoms with Gasteiger partial charge in [-0.1, -0.05) is 175 Å². The summed E-state index contributed by atoms with van der Waals surface area (Å²) < 4.78 is 0. The van der Waals surface area contributed by atoms with Crippen molar-refractivity contribution in [2.75, 3.05) is 0 Å². The smallest absolute Gasteiger partial charge is 0 e. The number of allylic oxidation sites excluding steroid dienone is 5. The fourth-order valence-corrected chi connectivity index (χ4v) is 6.25. The number of halogens is 2. The normalized spacial score (nSPS) is 32.7. The molecule has 0 nitrogen and oxygen atoms in total. The lowest BCUT2D eigenvalue weighted by Gasteiger charge is -2.14. The van der Waals surface area contributed by atoms with Gasteiger partial charge in [-0.25, -0.2) is 0 Å². The van der Waals surface area contributed by atoms with Crippen LogP contribution in [0, 0.1) is 65.1 Å². The maximum absolute atomic E-state index is 3.61. The highest BCUT2D eigenvalue weighted by atomic mass is 128. The topological polar surface area (TPSA) is 0 Å². The monoisotopic (exact) mass is 861 g/mol. The predicted octanol–water partition coefficient (Wildman–Crippen LogP) is 17.5. The molecular formula is C43H90I2. The molecule has 0 N–H and O–H groups in total. The van der Waals surface area contributed by atoms with Gasteiger partial charge >= 0.3 is 0 Å². The van der Waals surface area contributed by atoms with E-state index in [4.69, 9.17) is 0 Å². The Bertz CT molecular complexity index is 588. The van der Waals surface area contributed by atoms with Gasteiger partial charge in [0, 0.05) is 37.2 Å². The van der Waals surface area contributed by atoms with Crippen molar-refractivity contribution in [3.63, 3.8) is 0 Å². The van der Waals surface area contributed by atoms with Crippen molar-refractivity contribution in [3.05, 3.63) is 36.0 Å². The summed E-state index contributed by atoms with van der Waals surface area (Å²) in [6.07, 6.45) is 11.7. The fourth-order valence-electron chi connectivity index (χ4n) is 6.25. The second-order valence-electron chi connectivity index (χ2n) is 13.3. The van der Waals surface area contributed by atoms with Crippen LogP contribution in [0.3, 0.4) is 0 Å². The molecule has 3 fully saturated rings. The van der Waals surface area contributed by atoms with E-state index in [-0.39, 0.29) is 0 Å². The first kappa shape index (κ1) is 57.9. The minimum absolute atomic E-state index is 0.958. The third kappa shape index (κ3) is 27.2. The molecule has 0 amide bonds. The van der Waals surface area contributed by atoms with E-state index in [0.29, 0.717) is 0 Å². The van der Waals surface area contributed by atoms with Crippen LogP contribution in [0.5, 0.6) is 0 Å². The molecule has 0 aliphatic heterocycles. The van der Waals surface area contributed by atoms with Crippen molar-refractivity contribution in [1.29, 1.82) is 0 Å². The fraction of sp³-hybridized carbons (Fsp3) is 0.860. The Morgan fingerprint density at radius 3 is 0.822 bits per heavy atom. The third-order valence-corrected chi connectivity index (χ3v) is 11.0. The van der Waals surface area contributed by atoms with Gasteiger partial charge in [-0.2, -0.15) is 0 Å². The molecule has 3 aliphatic carbocycles. The quantitative estimate of drug-likeness (QED) is 0.192. The van der Waals surface area contributed by atoms with Crippen LogP contribution in [0.4, 0.5) is 0 Å².